The highest BCUT2D eigenvalue weighted by molar-refractivity contribution is 5.50. The zero-order valence-electron chi connectivity index (χ0n) is 7.96. The Bertz CT molecular complexity index is 245. The molecule has 66 valence electrons. The predicted octanol–water partition coefficient (Wildman–Crippen LogP) is 2.64. The van der Waals surface area contributed by atoms with E-state index in [2.05, 4.69) is 23.3 Å². The molecule has 2 heteroatoms. The molecule has 1 unspecified atom stereocenters. The van der Waals surface area contributed by atoms with Gasteiger partial charge in [0.2, 0.25) is 0 Å². The van der Waals surface area contributed by atoms with Gasteiger partial charge in [-0.3, -0.25) is 0 Å². The van der Waals surface area contributed by atoms with Crippen LogP contribution in [0.3, 0.4) is 0 Å². The third kappa shape index (κ3) is 1.58. The van der Waals surface area contributed by atoms with Crippen LogP contribution in [-0.4, -0.2) is 11.5 Å². The summed E-state index contributed by atoms with van der Waals surface area (Å²) >= 11 is 0. The Hall–Kier alpha value is -1.05. The quantitative estimate of drug-likeness (QED) is 0.637. The zero-order valence-corrected chi connectivity index (χ0v) is 7.96. The van der Waals surface area contributed by atoms with Gasteiger partial charge < -0.3 is 5.32 Å². The summed E-state index contributed by atoms with van der Waals surface area (Å²) in [4.78, 5) is 4.20. The van der Waals surface area contributed by atoms with Crippen LogP contribution in [0.15, 0.2) is 18.3 Å². The predicted molar refractivity (Wildman–Crippen MR) is 52.5 cm³/mol. The highest BCUT2D eigenvalue weighted by Gasteiger charge is 2.17. The number of nitrogens with zero attached hydrogens (tertiary/aromatic N) is 1. The first-order valence-electron chi connectivity index (χ1n) is 4.56. The van der Waals surface area contributed by atoms with Crippen molar-refractivity contribution in [3.63, 3.8) is 0 Å². The zero-order chi connectivity index (χ0) is 8.97. The molecule has 0 saturated heterocycles. The summed E-state index contributed by atoms with van der Waals surface area (Å²) in [6.45, 7) is 7.24. The second-order valence-electron chi connectivity index (χ2n) is 2.72. The maximum Gasteiger partial charge on any atom is 0.129 e. The Morgan fingerprint density at radius 3 is 2.92 bits per heavy atom. The second-order valence-corrected chi connectivity index (χ2v) is 2.72. The smallest absolute Gasteiger partial charge is 0.129 e. The molecule has 0 spiro atoms. The molecule has 0 aromatic carbocycles. The lowest BCUT2D eigenvalue weighted by Gasteiger charge is -1.97. The largest absolute Gasteiger partial charge is 0.369 e. The first kappa shape index (κ1) is 9.04. The molecular weight excluding hydrogens is 148 g/mol. The Morgan fingerprint density at radius 2 is 2.25 bits per heavy atom. The van der Waals surface area contributed by atoms with Crippen LogP contribution in [0.1, 0.15) is 32.3 Å². The van der Waals surface area contributed by atoms with Crippen molar-refractivity contribution in [2.75, 3.05) is 11.9 Å². The van der Waals surface area contributed by atoms with Gasteiger partial charge in [-0.05, 0) is 11.6 Å². The van der Waals surface area contributed by atoms with Gasteiger partial charge in [0.1, 0.15) is 5.82 Å². The van der Waals surface area contributed by atoms with Crippen LogP contribution < -0.4 is 5.32 Å². The van der Waals surface area contributed by atoms with E-state index in [9.17, 15) is 0 Å². The van der Waals surface area contributed by atoms with E-state index in [-0.39, 0.29) is 0 Å². The molecule has 1 atom stereocenters. The van der Waals surface area contributed by atoms with E-state index in [1.54, 1.807) is 0 Å². The third-order valence-corrected chi connectivity index (χ3v) is 1.95. The average Bonchev–Trinajstić information content (AvgIpc) is 2.53. The number of rotatable bonds is 0. The Morgan fingerprint density at radius 1 is 1.50 bits per heavy atom. The summed E-state index contributed by atoms with van der Waals surface area (Å²) in [7, 11) is 0. The highest BCUT2D eigenvalue weighted by Crippen LogP contribution is 2.27. The summed E-state index contributed by atoms with van der Waals surface area (Å²) in [5.41, 5.74) is 1.35. The molecule has 0 fully saturated rings. The van der Waals surface area contributed by atoms with Crippen molar-refractivity contribution < 1.29 is 0 Å². The summed E-state index contributed by atoms with van der Waals surface area (Å²) < 4.78 is 0. The minimum Gasteiger partial charge on any atom is -0.369 e. The number of nitrogens with one attached hydrogen (secondary N) is 1. The summed E-state index contributed by atoms with van der Waals surface area (Å²) in [5, 5.41) is 3.24. The molecule has 1 aromatic rings. The van der Waals surface area contributed by atoms with Crippen LogP contribution in [0.25, 0.3) is 0 Å². The van der Waals surface area contributed by atoms with Crippen LogP contribution in [0, 0.1) is 0 Å². The van der Waals surface area contributed by atoms with Gasteiger partial charge in [0.05, 0.1) is 0 Å². The van der Waals surface area contributed by atoms with Gasteiger partial charge in [-0.25, -0.2) is 4.98 Å². The van der Waals surface area contributed by atoms with Crippen molar-refractivity contribution in [3.05, 3.63) is 23.9 Å². The molecule has 0 bridgehead atoms. The molecule has 1 aliphatic rings. The number of hydrogen-bond donors (Lipinski definition) is 1. The van der Waals surface area contributed by atoms with Crippen LogP contribution >= 0.6 is 0 Å². The number of hydrogen-bond acceptors (Lipinski definition) is 2. The minimum absolute atomic E-state index is 0.628. The lowest BCUT2D eigenvalue weighted by Crippen LogP contribution is -1.96. The van der Waals surface area contributed by atoms with Crippen LogP contribution in [-0.2, 0) is 0 Å². The van der Waals surface area contributed by atoms with E-state index in [4.69, 9.17) is 0 Å². The van der Waals surface area contributed by atoms with Crippen LogP contribution in [0.2, 0.25) is 0 Å². The molecule has 2 heterocycles. The first-order chi connectivity index (χ1) is 5.88. The Kier molecular flexibility index (Phi) is 3.09. The molecule has 1 aliphatic heterocycles. The van der Waals surface area contributed by atoms with E-state index in [1.165, 1.54) is 5.56 Å². The van der Waals surface area contributed by atoms with E-state index in [1.807, 2.05) is 26.1 Å². The number of fused-ring (bicyclic) bond motifs is 1. The van der Waals surface area contributed by atoms with Crippen molar-refractivity contribution >= 4 is 5.82 Å². The average molecular weight is 164 g/mol. The lowest BCUT2D eigenvalue weighted by atomic mass is 10.1. The third-order valence-electron chi connectivity index (χ3n) is 1.95. The molecule has 2 rings (SSSR count). The molecule has 0 saturated carbocycles. The van der Waals surface area contributed by atoms with Gasteiger partial charge in [0.25, 0.3) is 0 Å². The summed E-state index contributed by atoms with van der Waals surface area (Å²) in [6, 6.07) is 4.12. The van der Waals surface area contributed by atoms with Crippen molar-refractivity contribution in [1.29, 1.82) is 0 Å². The number of anilines is 1. The van der Waals surface area contributed by atoms with Crippen molar-refractivity contribution in [2.45, 2.75) is 26.7 Å². The fraction of sp³-hybridized carbons (Fsp3) is 0.500. The van der Waals surface area contributed by atoms with Crippen molar-refractivity contribution in [3.8, 4) is 0 Å². The second kappa shape index (κ2) is 4.10. The Labute approximate surface area is 74.0 Å². The van der Waals surface area contributed by atoms with Gasteiger partial charge in [-0.15, -0.1) is 0 Å². The number of aromatic nitrogens is 1. The number of pyridine rings is 1. The highest BCUT2D eigenvalue weighted by atomic mass is 15.0. The normalized spacial score (nSPS) is 18.8. The maximum atomic E-state index is 4.20. The minimum atomic E-state index is 0.628. The summed E-state index contributed by atoms with van der Waals surface area (Å²) in [5.74, 6) is 1.69. The Balaban J connectivity index is 0.000000336. The van der Waals surface area contributed by atoms with E-state index < -0.39 is 0 Å². The van der Waals surface area contributed by atoms with Gasteiger partial charge in [0.15, 0.2) is 0 Å². The van der Waals surface area contributed by atoms with Gasteiger partial charge >= 0.3 is 0 Å². The molecule has 1 N–H and O–H groups in total. The summed E-state index contributed by atoms with van der Waals surface area (Å²) in [6.07, 6.45) is 1.82. The fourth-order valence-electron chi connectivity index (χ4n) is 1.32. The topological polar surface area (TPSA) is 24.9 Å². The fourth-order valence-corrected chi connectivity index (χ4v) is 1.32. The maximum absolute atomic E-state index is 4.20. The van der Waals surface area contributed by atoms with E-state index in [0.717, 1.165) is 12.4 Å². The SMILES string of the molecule is CC.CC1CNc2ncccc21. The van der Waals surface area contributed by atoms with Crippen molar-refractivity contribution in [2.24, 2.45) is 0 Å². The van der Waals surface area contributed by atoms with Gasteiger partial charge in [-0.1, -0.05) is 26.8 Å². The van der Waals surface area contributed by atoms with Gasteiger partial charge in [-0.2, -0.15) is 0 Å². The van der Waals surface area contributed by atoms with Crippen molar-refractivity contribution in [1.82, 2.24) is 4.98 Å². The first-order valence-corrected chi connectivity index (χ1v) is 4.56. The van der Waals surface area contributed by atoms with Gasteiger partial charge in [0, 0.05) is 18.7 Å². The standard InChI is InChI=1S/C8H10N2.C2H6/c1-6-5-10-8-7(6)3-2-4-9-8;1-2/h2-4,6H,5H2,1H3,(H,9,10);1-2H3. The molecule has 0 radical (unpaired) electrons. The monoisotopic (exact) mass is 164 g/mol. The van der Waals surface area contributed by atoms with E-state index >= 15 is 0 Å². The molecule has 1 aromatic heterocycles. The molecule has 12 heavy (non-hydrogen) atoms. The van der Waals surface area contributed by atoms with E-state index in [0.29, 0.717) is 5.92 Å². The van der Waals surface area contributed by atoms with Crippen LogP contribution in [0.4, 0.5) is 5.82 Å². The molecule has 2 nitrogen and oxygen atoms in total. The molecule has 0 aliphatic carbocycles. The van der Waals surface area contributed by atoms with Crippen LogP contribution in [0.5, 0.6) is 0 Å². The molecular formula is C10H16N2. The molecule has 0 amide bonds. The lowest BCUT2D eigenvalue weighted by molar-refractivity contribution is 0.854.